The van der Waals surface area contributed by atoms with Gasteiger partial charge in [-0.25, -0.2) is 0 Å². The van der Waals surface area contributed by atoms with Crippen molar-refractivity contribution in [1.29, 1.82) is 0 Å². The van der Waals surface area contributed by atoms with Crippen LogP contribution in [0.5, 0.6) is 0 Å². The molecule has 0 amide bonds. The molecular formula is C14H18O2S. The molecule has 2 nitrogen and oxygen atoms in total. The Morgan fingerprint density at radius 2 is 2.12 bits per heavy atom. The molecule has 1 N–H and O–H groups in total. The van der Waals surface area contributed by atoms with Gasteiger partial charge in [0.15, 0.2) is 0 Å². The number of methoxy groups -OCH3 is 1. The highest BCUT2D eigenvalue weighted by Crippen LogP contribution is 2.34. The van der Waals surface area contributed by atoms with E-state index in [9.17, 15) is 5.11 Å². The first-order valence-corrected chi connectivity index (χ1v) is 6.75. The zero-order valence-electron chi connectivity index (χ0n) is 10.2. The highest BCUT2D eigenvalue weighted by molar-refractivity contribution is 7.17. The number of rotatable bonds is 5. The lowest BCUT2D eigenvalue weighted by Gasteiger charge is -2.18. The summed E-state index contributed by atoms with van der Waals surface area (Å²) in [5, 5.41) is 13.6. The van der Waals surface area contributed by atoms with Crippen molar-refractivity contribution in [2.75, 3.05) is 13.7 Å². The Balaban J connectivity index is 2.21. The van der Waals surface area contributed by atoms with Crippen molar-refractivity contribution in [3.05, 3.63) is 35.2 Å². The minimum Gasteiger partial charge on any atom is -0.388 e. The Bertz CT molecular complexity index is 478. The van der Waals surface area contributed by atoms with Crippen LogP contribution in [0.15, 0.2) is 29.6 Å². The van der Waals surface area contributed by atoms with Crippen LogP contribution < -0.4 is 0 Å². The van der Waals surface area contributed by atoms with Gasteiger partial charge in [0.25, 0.3) is 0 Å². The van der Waals surface area contributed by atoms with E-state index in [1.807, 2.05) is 12.1 Å². The van der Waals surface area contributed by atoms with E-state index in [1.54, 1.807) is 18.4 Å². The van der Waals surface area contributed by atoms with Crippen LogP contribution in [0.1, 0.15) is 25.0 Å². The van der Waals surface area contributed by atoms with Gasteiger partial charge in [-0.1, -0.05) is 25.1 Å². The van der Waals surface area contributed by atoms with E-state index < -0.39 is 6.10 Å². The van der Waals surface area contributed by atoms with Gasteiger partial charge in [0.2, 0.25) is 0 Å². The average Bonchev–Trinajstić information content (AvgIpc) is 2.78. The van der Waals surface area contributed by atoms with Crippen molar-refractivity contribution < 1.29 is 9.84 Å². The molecule has 3 heteroatoms. The number of hydrogen-bond donors (Lipinski definition) is 1. The first-order valence-electron chi connectivity index (χ1n) is 5.87. The second-order valence-electron chi connectivity index (χ2n) is 4.39. The van der Waals surface area contributed by atoms with Crippen LogP contribution in [0.2, 0.25) is 0 Å². The zero-order valence-corrected chi connectivity index (χ0v) is 11.0. The lowest BCUT2D eigenvalue weighted by atomic mass is 9.94. The predicted molar refractivity (Wildman–Crippen MR) is 72.4 cm³/mol. The molecule has 0 saturated carbocycles. The number of aliphatic hydroxyl groups excluding tert-OH is 1. The minimum atomic E-state index is -0.402. The van der Waals surface area contributed by atoms with E-state index in [0.717, 1.165) is 12.0 Å². The predicted octanol–water partition coefficient (Wildman–Crippen LogP) is 3.61. The topological polar surface area (TPSA) is 29.5 Å². The summed E-state index contributed by atoms with van der Waals surface area (Å²) in [7, 11) is 1.69. The molecular weight excluding hydrogens is 232 g/mol. The molecule has 1 aromatic heterocycles. The van der Waals surface area contributed by atoms with E-state index in [-0.39, 0.29) is 5.92 Å². The van der Waals surface area contributed by atoms with Gasteiger partial charge in [-0.05, 0) is 34.7 Å². The highest BCUT2D eigenvalue weighted by atomic mass is 32.1. The maximum Gasteiger partial charge on any atom is 0.0830 e. The fourth-order valence-electron chi connectivity index (χ4n) is 2.00. The second-order valence-corrected chi connectivity index (χ2v) is 5.30. The molecule has 2 unspecified atom stereocenters. The summed E-state index contributed by atoms with van der Waals surface area (Å²) in [4.78, 5) is 0. The molecule has 1 aromatic carbocycles. The van der Waals surface area contributed by atoms with Crippen LogP contribution in [0.4, 0.5) is 0 Å². The van der Waals surface area contributed by atoms with E-state index >= 15 is 0 Å². The Morgan fingerprint density at radius 1 is 1.35 bits per heavy atom. The molecule has 0 aliphatic carbocycles. The third kappa shape index (κ3) is 2.68. The van der Waals surface area contributed by atoms with Gasteiger partial charge < -0.3 is 9.84 Å². The zero-order chi connectivity index (χ0) is 12.3. The molecule has 2 aromatic rings. The monoisotopic (exact) mass is 250 g/mol. The van der Waals surface area contributed by atoms with Crippen molar-refractivity contribution >= 4 is 21.4 Å². The summed E-state index contributed by atoms with van der Waals surface area (Å²) >= 11 is 1.69. The summed E-state index contributed by atoms with van der Waals surface area (Å²) in [6.45, 7) is 2.76. The van der Waals surface area contributed by atoms with Crippen LogP contribution >= 0.6 is 11.3 Å². The molecule has 2 atom stereocenters. The van der Waals surface area contributed by atoms with E-state index in [1.165, 1.54) is 10.1 Å². The van der Waals surface area contributed by atoms with Crippen LogP contribution in [-0.2, 0) is 4.74 Å². The number of aliphatic hydroxyl groups is 1. The molecule has 0 fully saturated rings. The molecule has 17 heavy (non-hydrogen) atoms. The van der Waals surface area contributed by atoms with E-state index in [4.69, 9.17) is 4.74 Å². The average molecular weight is 250 g/mol. The van der Waals surface area contributed by atoms with Crippen LogP contribution in [-0.4, -0.2) is 18.8 Å². The lowest BCUT2D eigenvalue weighted by molar-refractivity contribution is 0.0899. The van der Waals surface area contributed by atoms with E-state index in [0.29, 0.717) is 6.61 Å². The molecule has 0 spiro atoms. The fraction of sp³-hybridized carbons (Fsp3) is 0.429. The van der Waals surface area contributed by atoms with Crippen molar-refractivity contribution in [2.45, 2.75) is 19.4 Å². The first-order chi connectivity index (χ1) is 8.24. The molecule has 92 valence electrons. The Morgan fingerprint density at radius 3 is 2.88 bits per heavy atom. The quantitative estimate of drug-likeness (QED) is 0.878. The standard InChI is InChI=1S/C14H18O2S/c1-10(7-8-16-2)14(15)12-9-17-13-6-4-3-5-11(12)13/h3-6,9-10,14-15H,7-8H2,1-2H3. The summed E-state index contributed by atoms with van der Waals surface area (Å²) in [6.07, 6.45) is 0.475. The highest BCUT2D eigenvalue weighted by Gasteiger charge is 2.19. The molecule has 0 radical (unpaired) electrons. The van der Waals surface area contributed by atoms with Gasteiger partial charge in [-0.3, -0.25) is 0 Å². The van der Waals surface area contributed by atoms with Crippen LogP contribution in [0.3, 0.4) is 0 Å². The van der Waals surface area contributed by atoms with Crippen molar-refractivity contribution in [2.24, 2.45) is 5.92 Å². The number of hydrogen-bond acceptors (Lipinski definition) is 3. The summed E-state index contributed by atoms with van der Waals surface area (Å²) in [5.41, 5.74) is 1.05. The smallest absolute Gasteiger partial charge is 0.0830 e. The molecule has 2 rings (SSSR count). The molecule has 0 aliphatic rings. The Kier molecular flexibility index (Phi) is 4.15. The SMILES string of the molecule is COCCC(C)C(O)c1csc2ccccc12. The minimum absolute atomic E-state index is 0.216. The normalized spacial score (nSPS) is 15.0. The summed E-state index contributed by atoms with van der Waals surface area (Å²) in [5.74, 6) is 0.216. The van der Waals surface area contributed by atoms with Gasteiger partial charge in [0.1, 0.15) is 0 Å². The maximum absolute atomic E-state index is 10.4. The molecule has 1 heterocycles. The molecule has 0 aliphatic heterocycles. The number of thiophene rings is 1. The fourth-order valence-corrected chi connectivity index (χ4v) is 2.99. The Labute approximate surface area is 106 Å². The van der Waals surface area contributed by atoms with Gasteiger partial charge >= 0.3 is 0 Å². The van der Waals surface area contributed by atoms with E-state index in [2.05, 4.69) is 24.4 Å². The van der Waals surface area contributed by atoms with Crippen molar-refractivity contribution in [3.63, 3.8) is 0 Å². The van der Waals surface area contributed by atoms with Gasteiger partial charge in [-0.2, -0.15) is 0 Å². The van der Waals surface area contributed by atoms with Crippen LogP contribution in [0, 0.1) is 5.92 Å². The summed E-state index contributed by atoms with van der Waals surface area (Å²) < 4.78 is 6.30. The second kappa shape index (κ2) is 5.63. The lowest BCUT2D eigenvalue weighted by Crippen LogP contribution is -2.11. The van der Waals surface area contributed by atoms with Crippen LogP contribution in [0.25, 0.3) is 10.1 Å². The number of benzene rings is 1. The third-order valence-electron chi connectivity index (χ3n) is 3.15. The molecule has 0 bridgehead atoms. The third-order valence-corrected chi connectivity index (χ3v) is 4.13. The van der Waals surface area contributed by atoms with Gasteiger partial charge in [0.05, 0.1) is 6.10 Å². The largest absolute Gasteiger partial charge is 0.388 e. The van der Waals surface area contributed by atoms with Crippen molar-refractivity contribution in [3.8, 4) is 0 Å². The number of ether oxygens (including phenoxy) is 1. The number of fused-ring (bicyclic) bond motifs is 1. The maximum atomic E-state index is 10.4. The Hall–Kier alpha value is -0.900. The van der Waals surface area contributed by atoms with Gasteiger partial charge in [0, 0.05) is 18.4 Å². The molecule has 0 saturated heterocycles. The summed E-state index contributed by atoms with van der Waals surface area (Å²) in [6, 6.07) is 8.22. The van der Waals surface area contributed by atoms with Crippen molar-refractivity contribution in [1.82, 2.24) is 0 Å². The van der Waals surface area contributed by atoms with Gasteiger partial charge in [-0.15, -0.1) is 11.3 Å². The first kappa shape index (κ1) is 12.6.